The number of nitrogens with one attached hydrogen (secondary N) is 2. The van der Waals surface area contributed by atoms with Gasteiger partial charge in [0, 0.05) is 37.8 Å². The largest absolute Gasteiger partial charge is 0.326 e. The number of carbonyl (C=O) groups is 3. The monoisotopic (exact) mass is 390 g/mol. The van der Waals surface area contributed by atoms with Gasteiger partial charge in [0.15, 0.2) is 0 Å². The van der Waals surface area contributed by atoms with Crippen molar-refractivity contribution in [3.05, 3.63) is 36.7 Å². The molecule has 0 radical (unpaired) electrons. The Morgan fingerprint density at radius 2 is 1.86 bits per heavy atom. The maximum absolute atomic E-state index is 13.8. The van der Waals surface area contributed by atoms with Crippen LogP contribution in [0.4, 0.5) is 20.6 Å². The van der Waals surface area contributed by atoms with Crippen molar-refractivity contribution < 1.29 is 18.8 Å². The van der Waals surface area contributed by atoms with Crippen molar-refractivity contribution in [1.82, 2.24) is 9.80 Å². The molecular formula is C20H27FN4O3. The summed E-state index contributed by atoms with van der Waals surface area (Å²) in [6.07, 6.45) is 2.18. The van der Waals surface area contributed by atoms with E-state index in [0.717, 1.165) is 6.08 Å². The number of hydrogen-bond acceptors (Lipinski definition) is 3. The summed E-state index contributed by atoms with van der Waals surface area (Å²) < 4.78 is 13.8. The van der Waals surface area contributed by atoms with Crippen molar-refractivity contribution in [2.24, 2.45) is 5.92 Å². The average molecular weight is 390 g/mol. The second-order valence-electron chi connectivity index (χ2n) is 6.59. The molecule has 0 atom stereocenters. The Morgan fingerprint density at radius 3 is 2.43 bits per heavy atom. The Balaban J connectivity index is 1.94. The third-order valence-corrected chi connectivity index (χ3v) is 4.85. The average Bonchev–Trinajstić information content (AvgIpc) is 2.71. The standard InChI is InChI=1S/C20H27FN4O3/c1-4-18(26)23-17-13-15(7-8-16(17)21)22-19(27)14-9-11-25(12-10-14)20(28)24(5-2)6-3/h4,7-8,13-14H,1,5-6,9-12H2,2-3H3,(H,22,27)(H,23,26). The highest BCUT2D eigenvalue weighted by Crippen LogP contribution is 2.23. The van der Waals surface area contributed by atoms with Gasteiger partial charge in [-0.15, -0.1) is 0 Å². The normalized spacial score (nSPS) is 14.3. The van der Waals surface area contributed by atoms with E-state index < -0.39 is 11.7 Å². The summed E-state index contributed by atoms with van der Waals surface area (Å²) in [4.78, 5) is 39.8. The molecule has 0 aromatic heterocycles. The second-order valence-corrected chi connectivity index (χ2v) is 6.59. The third kappa shape index (κ3) is 5.31. The van der Waals surface area contributed by atoms with Crippen molar-refractivity contribution >= 4 is 29.2 Å². The van der Waals surface area contributed by atoms with E-state index in [2.05, 4.69) is 17.2 Å². The molecule has 0 bridgehead atoms. The van der Waals surface area contributed by atoms with E-state index in [-0.39, 0.29) is 23.5 Å². The summed E-state index contributed by atoms with van der Waals surface area (Å²) >= 11 is 0. The maximum Gasteiger partial charge on any atom is 0.319 e. The van der Waals surface area contributed by atoms with Crippen LogP contribution >= 0.6 is 0 Å². The highest BCUT2D eigenvalue weighted by atomic mass is 19.1. The van der Waals surface area contributed by atoms with Gasteiger partial charge in [-0.05, 0) is 51.0 Å². The van der Waals surface area contributed by atoms with Crippen LogP contribution in [-0.4, -0.2) is 53.8 Å². The first kappa shape index (κ1) is 21.4. The fraction of sp³-hybridized carbons (Fsp3) is 0.450. The molecule has 152 valence electrons. The molecule has 1 aromatic rings. The smallest absolute Gasteiger partial charge is 0.319 e. The molecule has 0 aliphatic carbocycles. The second kappa shape index (κ2) is 9.87. The lowest BCUT2D eigenvalue weighted by Crippen LogP contribution is -2.47. The van der Waals surface area contributed by atoms with Gasteiger partial charge in [0.1, 0.15) is 5.82 Å². The van der Waals surface area contributed by atoms with Crippen molar-refractivity contribution in [3.63, 3.8) is 0 Å². The fourth-order valence-electron chi connectivity index (χ4n) is 3.15. The van der Waals surface area contributed by atoms with Crippen molar-refractivity contribution in [1.29, 1.82) is 0 Å². The van der Waals surface area contributed by atoms with Gasteiger partial charge < -0.3 is 20.4 Å². The van der Waals surface area contributed by atoms with Gasteiger partial charge in [0.05, 0.1) is 5.69 Å². The Morgan fingerprint density at radius 1 is 1.21 bits per heavy atom. The molecule has 2 N–H and O–H groups in total. The van der Waals surface area contributed by atoms with Crippen molar-refractivity contribution in [3.8, 4) is 0 Å². The van der Waals surface area contributed by atoms with Crippen LogP contribution in [0, 0.1) is 11.7 Å². The molecule has 7 nitrogen and oxygen atoms in total. The Labute approximate surface area is 164 Å². The number of piperidine rings is 1. The lowest BCUT2D eigenvalue weighted by molar-refractivity contribution is -0.121. The molecule has 8 heteroatoms. The number of halogens is 1. The van der Waals surface area contributed by atoms with Gasteiger partial charge >= 0.3 is 6.03 Å². The van der Waals surface area contributed by atoms with E-state index in [1.807, 2.05) is 13.8 Å². The lowest BCUT2D eigenvalue weighted by Gasteiger charge is -2.34. The number of amides is 4. The molecule has 1 aromatic carbocycles. The van der Waals surface area contributed by atoms with Gasteiger partial charge in [-0.1, -0.05) is 6.58 Å². The lowest BCUT2D eigenvalue weighted by atomic mass is 9.96. The van der Waals surface area contributed by atoms with Crippen LogP contribution in [0.25, 0.3) is 0 Å². The summed E-state index contributed by atoms with van der Waals surface area (Å²) in [5, 5.41) is 5.12. The number of nitrogens with zero attached hydrogens (tertiary/aromatic N) is 2. The Bertz CT molecular complexity index is 741. The first-order valence-electron chi connectivity index (χ1n) is 9.47. The molecule has 1 aliphatic heterocycles. The van der Waals surface area contributed by atoms with Crippen LogP contribution in [0.2, 0.25) is 0 Å². The van der Waals surface area contributed by atoms with Crippen molar-refractivity contribution in [2.75, 3.05) is 36.8 Å². The number of likely N-dealkylation sites (tertiary alicyclic amines) is 1. The number of urea groups is 1. The van der Waals surface area contributed by atoms with E-state index >= 15 is 0 Å². The van der Waals surface area contributed by atoms with Crippen LogP contribution in [0.5, 0.6) is 0 Å². The van der Waals surface area contributed by atoms with Gasteiger partial charge in [0.2, 0.25) is 11.8 Å². The zero-order valence-corrected chi connectivity index (χ0v) is 16.3. The SMILES string of the molecule is C=CC(=O)Nc1cc(NC(=O)C2CCN(C(=O)N(CC)CC)CC2)ccc1F. The number of rotatable bonds is 6. The van der Waals surface area contributed by atoms with Gasteiger partial charge in [-0.2, -0.15) is 0 Å². The molecule has 1 aliphatic rings. The zero-order chi connectivity index (χ0) is 20.7. The fourth-order valence-corrected chi connectivity index (χ4v) is 3.15. The van der Waals surface area contributed by atoms with Crippen LogP contribution < -0.4 is 10.6 Å². The molecule has 28 heavy (non-hydrogen) atoms. The first-order chi connectivity index (χ1) is 13.4. The Kier molecular flexibility index (Phi) is 7.54. The van der Waals surface area contributed by atoms with Crippen LogP contribution in [0.3, 0.4) is 0 Å². The maximum atomic E-state index is 13.8. The van der Waals surface area contributed by atoms with Crippen molar-refractivity contribution in [2.45, 2.75) is 26.7 Å². The number of hydrogen-bond donors (Lipinski definition) is 2. The van der Waals surface area contributed by atoms with Crippen LogP contribution in [-0.2, 0) is 9.59 Å². The summed E-state index contributed by atoms with van der Waals surface area (Å²) in [5.74, 6) is -1.54. The molecular weight excluding hydrogens is 363 g/mol. The predicted molar refractivity (Wildman–Crippen MR) is 106 cm³/mol. The Hall–Kier alpha value is -2.90. The van der Waals surface area contributed by atoms with Gasteiger partial charge in [-0.25, -0.2) is 9.18 Å². The van der Waals surface area contributed by atoms with Gasteiger partial charge in [0.25, 0.3) is 0 Å². The highest BCUT2D eigenvalue weighted by Gasteiger charge is 2.29. The zero-order valence-electron chi connectivity index (χ0n) is 16.3. The van der Waals surface area contributed by atoms with E-state index in [0.29, 0.717) is 44.7 Å². The van der Waals surface area contributed by atoms with E-state index in [1.165, 1.54) is 18.2 Å². The van der Waals surface area contributed by atoms with E-state index in [1.54, 1.807) is 9.80 Å². The summed E-state index contributed by atoms with van der Waals surface area (Å²) in [6, 6.07) is 3.99. The molecule has 1 fully saturated rings. The molecule has 1 saturated heterocycles. The third-order valence-electron chi connectivity index (χ3n) is 4.85. The number of carbonyl (C=O) groups excluding carboxylic acids is 3. The summed E-state index contributed by atoms with van der Waals surface area (Å²) in [6.45, 7) is 9.57. The van der Waals surface area contributed by atoms with Crippen LogP contribution in [0.15, 0.2) is 30.9 Å². The molecule has 0 spiro atoms. The van der Waals surface area contributed by atoms with E-state index in [4.69, 9.17) is 0 Å². The molecule has 4 amide bonds. The minimum atomic E-state index is -0.601. The van der Waals surface area contributed by atoms with Crippen LogP contribution in [0.1, 0.15) is 26.7 Å². The molecule has 0 saturated carbocycles. The van der Waals surface area contributed by atoms with Gasteiger partial charge in [-0.3, -0.25) is 9.59 Å². The summed E-state index contributed by atoms with van der Waals surface area (Å²) in [5.41, 5.74) is 0.370. The summed E-state index contributed by atoms with van der Waals surface area (Å²) in [7, 11) is 0. The first-order valence-corrected chi connectivity index (χ1v) is 9.47. The minimum absolute atomic E-state index is 0.00462. The molecule has 2 rings (SSSR count). The van der Waals surface area contributed by atoms with E-state index in [9.17, 15) is 18.8 Å². The number of benzene rings is 1. The topological polar surface area (TPSA) is 81.8 Å². The highest BCUT2D eigenvalue weighted by molar-refractivity contribution is 6.00. The quantitative estimate of drug-likeness (QED) is 0.733. The number of anilines is 2. The predicted octanol–water partition coefficient (Wildman–Crippen LogP) is 3.06. The molecule has 0 unspecified atom stereocenters. The minimum Gasteiger partial charge on any atom is -0.326 e. The molecule has 1 heterocycles.